The van der Waals surface area contributed by atoms with E-state index in [4.69, 9.17) is 25.1 Å². The van der Waals surface area contributed by atoms with Gasteiger partial charge in [0.05, 0.1) is 31.0 Å². The van der Waals surface area contributed by atoms with Crippen LogP contribution in [0.15, 0.2) is 96.0 Å². The van der Waals surface area contributed by atoms with Gasteiger partial charge in [0, 0.05) is 66.8 Å². The molecule has 0 spiro atoms. The summed E-state index contributed by atoms with van der Waals surface area (Å²) in [6.07, 6.45) is 6.66. The van der Waals surface area contributed by atoms with E-state index >= 15 is 0 Å². The van der Waals surface area contributed by atoms with Gasteiger partial charge in [0.25, 0.3) is 11.8 Å². The number of ether oxygens (including phenoxy) is 3. The van der Waals surface area contributed by atoms with Crippen LogP contribution in [-0.4, -0.2) is 86.1 Å². The Hall–Kier alpha value is -8.09. The summed E-state index contributed by atoms with van der Waals surface area (Å²) in [7, 11) is 1.54. The first kappa shape index (κ1) is 52.8. The molecule has 6 N–H and O–H groups in total. The maximum absolute atomic E-state index is 14.2. The maximum atomic E-state index is 14.2. The van der Waals surface area contributed by atoms with Crippen LogP contribution in [0.3, 0.4) is 0 Å². The van der Waals surface area contributed by atoms with Crippen LogP contribution in [0.25, 0.3) is 0 Å². The van der Waals surface area contributed by atoms with Crippen molar-refractivity contribution in [3.8, 4) is 17.2 Å². The zero-order valence-corrected chi connectivity index (χ0v) is 43.2. The molecule has 4 atom stereocenters. The first-order valence-electron chi connectivity index (χ1n) is 25.9. The van der Waals surface area contributed by atoms with E-state index in [9.17, 15) is 28.8 Å². The highest BCUT2D eigenvalue weighted by molar-refractivity contribution is 6.15. The summed E-state index contributed by atoms with van der Waals surface area (Å²) in [6, 6.07) is 26.5. The van der Waals surface area contributed by atoms with Crippen molar-refractivity contribution in [2.45, 2.75) is 116 Å². The number of hydrogen-bond donors (Lipinski definition) is 5. The van der Waals surface area contributed by atoms with Gasteiger partial charge in [-0.3, -0.25) is 38.7 Å². The van der Waals surface area contributed by atoms with Crippen molar-refractivity contribution < 1.29 is 47.8 Å². The standard InChI is InChI=1S/C58H64N8O10/c1-34-22-46-47(61-31-44-27-41-13-6-8-15-49(41)66(44)58(46)72)30-50(34)74-32-37-23-38(33-75-52-28-39-18-19-43-26-40-12-5-7-14-48(40)65(43)57(71)45(39)29-51(52)73-4)25-42(24-37)64-56(70)36(3)63-55(69)35(2)62-54(68)17-10-9-16-53(67)60-20-11-21-76-59/h5-8,12-15,22-25,28-31,35-36,43-44H,9-11,16-21,26-27,32-33,59H2,1-4H3,(H,60,67)(H,62,68)(H,63,69)(H,64,70)/t35-,36-,43+,44-/m0/s1. The van der Waals surface area contributed by atoms with E-state index in [0.717, 1.165) is 46.5 Å². The fourth-order valence-corrected chi connectivity index (χ4v) is 10.3. The number of nitrogens with two attached hydrogens (primary N) is 1. The molecule has 6 amide bonds. The predicted octanol–water partition coefficient (Wildman–Crippen LogP) is 6.87. The number of para-hydroxylation sites is 2. The molecule has 0 radical (unpaired) electrons. The number of aryl methyl sites for hydroxylation is 2. The largest absolute Gasteiger partial charge is 0.493 e. The summed E-state index contributed by atoms with van der Waals surface area (Å²) in [4.78, 5) is 92.9. The van der Waals surface area contributed by atoms with Gasteiger partial charge in [0.2, 0.25) is 23.6 Å². The number of hydrogen-bond acceptors (Lipinski definition) is 12. The molecule has 5 aromatic rings. The van der Waals surface area contributed by atoms with Crippen LogP contribution >= 0.6 is 0 Å². The van der Waals surface area contributed by atoms with E-state index in [1.165, 1.54) is 14.0 Å². The third kappa shape index (κ3) is 11.9. The summed E-state index contributed by atoms with van der Waals surface area (Å²) in [5.41, 5.74) is 8.98. The molecular weight excluding hydrogens is 969 g/mol. The number of nitrogens with zero attached hydrogens (tertiary/aromatic N) is 3. The number of carbonyl (C=O) groups excluding carboxylic acids is 6. The Kier molecular flexibility index (Phi) is 16.4. The quantitative estimate of drug-likeness (QED) is 0.0376. The fraction of sp³-hybridized carbons (Fsp3) is 0.362. The van der Waals surface area contributed by atoms with Gasteiger partial charge in [-0.2, -0.15) is 0 Å². The number of anilines is 3. The smallest absolute Gasteiger partial charge is 0.261 e. The number of unbranched alkanes of at least 4 members (excludes halogenated alkanes) is 1. The van der Waals surface area contributed by atoms with Gasteiger partial charge in [-0.15, -0.1) is 0 Å². The number of methoxy groups -OCH3 is 1. The predicted molar refractivity (Wildman–Crippen MR) is 287 cm³/mol. The molecule has 0 saturated heterocycles. The van der Waals surface area contributed by atoms with Crippen molar-refractivity contribution in [1.82, 2.24) is 16.0 Å². The van der Waals surface area contributed by atoms with Crippen molar-refractivity contribution in [3.63, 3.8) is 0 Å². The number of fused-ring (bicyclic) bond motifs is 8. The van der Waals surface area contributed by atoms with E-state index < -0.39 is 23.9 Å². The van der Waals surface area contributed by atoms with Crippen LogP contribution in [0.1, 0.15) is 106 Å². The van der Waals surface area contributed by atoms with E-state index in [2.05, 4.69) is 32.2 Å². The lowest BCUT2D eigenvalue weighted by Crippen LogP contribution is -2.50. The second kappa shape index (κ2) is 23.6. The number of aliphatic imine (C=N–C) groups is 1. The molecule has 9 rings (SSSR count). The Balaban J connectivity index is 0.885. The van der Waals surface area contributed by atoms with Crippen molar-refractivity contribution in [1.29, 1.82) is 0 Å². The van der Waals surface area contributed by atoms with Crippen LogP contribution in [0, 0.1) is 6.92 Å². The summed E-state index contributed by atoms with van der Waals surface area (Å²) in [5.74, 6) is 4.62. The molecule has 0 fully saturated rings. The molecule has 18 nitrogen and oxygen atoms in total. The number of rotatable bonds is 21. The molecule has 0 unspecified atom stereocenters. The summed E-state index contributed by atoms with van der Waals surface area (Å²) >= 11 is 0. The number of carbonyl (C=O) groups is 6. The van der Waals surface area contributed by atoms with Crippen molar-refractivity contribution in [2.24, 2.45) is 10.9 Å². The lowest BCUT2D eigenvalue weighted by molar-refractivity contribution is -0.130. The molecule has 0 aliphatic carbocycles. The Morgan fingerprint density at radius 1 is 0.711 bits per heavy atom. The molecule has 0 aromatic heterocycles. The van der Waals surface area contributed by atoms with Gasteiger partial charge >= 0.3 is 0 Å². The Labute approximate surface area is 441 Å². The van der Waals surface area contributed by atoms with Crippen molar-refractivity contribution in [3.05, 3.63) is 136 Å². The normalized spacial score (nSPS) is 16.6. The minimum atomic E-state index is -1.01. The lowest BCUT2D eigenvalue weighted by atomic mass is 9.99. The number of benzene rings is 5. The zero-order valence-electron chi connectivity index (χ0n) is 43.2. The minimum absolute atomic E-state index is 0.0409. The van der Waals surface area contributed by atoms with Crippen LogP contribution in [-0.2, 0) is 56.5 Å². The average molecular weight is 1030 g/mol. The highest BCUT2D eigenvalue weighted by Gasteiger charge is 2.39. The van der Waals surface area contributed by atoms with Gasteiger partial charge in [-0.05, 0) is 141 Å². The second-order valence-corrected chi connectivity index (χ2v) is 19.8. The van der Waals surface area contributed by atoms with Gasteiger partial charge in [0.1, 0.15) is 31.0 Å². The Bertz CT molecular complexity index is 3090. The van der Waals surface area contributed by atoms with Gasteiger partial charge in [-0.25, -0.2) is 5.90 Å². The fourth-order valence-electron chi connectivity index (χ4n) is 10.3. The summed E-state index contributed by atoms with van der Waals surface area (Å²) in [5, 5.41) is 11.1. The van der Waals surface area contributed by atoms with E-state index in [0.29, 0.717) is 96.1 Å². The van der Waals surface area contributed by atoms with Crippen molar-refractivity contribution in [2.75, 3.05) is 35.4 Å². The molecule has 18 heteroatoms. The third-order valence-electron chi connectivity index (χ3n) is 14.2. The first-order chi connectivity index (χ1) is 36.8. The highest BCUT2D eigenvalue weighted by atomic mass is 16.6. The highest BCUT2D eigenvalue weighted by Crippen LogP contribution is 2.42. The molecule has 0 bridgehead atoms. The number of amides is 6. The third-order valence-corrected chi connectivity index (χ3v) is 14.2. The molecule has 4 aliphatic heterocycles. The van der Waals surface area contributed by atoms with E-state index in [-0.39, 0.29) is 61.8 Å². The minimum Gasteiger partial charge on any atom is -0.493 e. The van der Waals surface area contributed by atoms with E-state index in [1.54, 1.807) is 36.1 Å². The average Bonchev–Trinajstić information content (AvgIpc) is 3.91. The molecule has 4 heterocycles. The zero-order chi connectivity index (χ0) is 53.5. The van der Waals surface area contributed by atoms with Gasteiger partial charge in [-0.1, -0.05) is 36.4 Å². The topological polar surface area (TPSA) is 232 Å². The summed E-state index contributed by atoms with van der Waals surface area (Å²) in [6.45, 7) is 5.83. The first-order valence-corrected chi connectivity index (χ1v) is 25.9. The second-order valence-electron chi connectivity index (χ2n) is 19.8. The molecule has 396 valence electrons. The molecule has 4 aliphatic rings. The molecule has 76 heavy (non-hydrogen) atoms. The molecule has 5 aromatic carbocycles. The Morgan fingerprint density at radius 2 is 1.37 bits per heavy atom. The number of nitrogens with one attached hydrogen (secondary N) is 4. The van der Waals surface area contributed by atoms with Crippen LogP contribution in [0.5, 0.6) is 17.2 Å². The lowest BCUT2D eigenvalue weighted by Gasteiger charge is -2.23. The SMILES string of the molecule is COc1cc2c(cc1OCc1cc(COc3cc4c(cc3C)C(=O)N3c5ccccc5C[C@H]3C=N4)cc(NC(=O)[C@H](C)NC(=O)[C@H](C)NC(=O)CCCCC(=O)NCCCON)c1)CC[C@@H]1Cc3ccccc3N1C2=O. The van der Waals surface area contributed by atoms with Crippen LogP contribution in [0.4, 0.5) is 22.7 Å². The monoisotopic (exact) mass is 1030 g/mol. The van der Waals surface area contributed by atoms with E-state index in [1.807, 2.05) is 78.7 Å². The Morgan fingerprint density at radius 3 is 2.09 bits per heavy atom. The molecular formula is C58H64N8O10. The van der Waals surface area contributed by atoms with Crippen LogP contribution in [0.2, 0.25) is 0 Å². The van der Waals surface area contributed by atoms with Gasteiger partial charge < -0.3 is 45.2 Å². The van der Waals surface area contributed by atoms with Crippen molar-refractivity contribution >= 4 is 64.4 Å². The maximum Gasteiger partial charge on any atom is 0.261 e. The molecule has 0 saturated carbocycles. The van der Waals surface area contributed by atoms with Crippen LogP contribution < -0.4 is 51.2 Å². The summed E-state index contributed by atoms with van der Waals surface area (Å²) < 4.78 is 18.8. The van der Waals surface area contributed by atoms with Gasteiger partial charge in [0.15, 0.2) is 11.5 Å².